The molecule has 3 heteroatoms. The van der Waals surface area contributed by atoms with E-state index in [1.165, 1.54) is 67.5 Å². The SMILES string of the molecule is CN1CCC(c2ccc(CC3CCCNC3)cc2Br)C1. The smallest absolute Gasteiger partial charge is 0.0213 e. The van der Waals surface area contributed by atoms with Gasteiger partial charge in [-0.15, -0.1) is 0 Å². The summed E-state index contributed by atoms with van der Waals surface area (Å²) in [5, 5.41) is 3.51. The molecule has 2 saturated heterocycles. The van der Waals surface area contributed by atoms with Gasteiger partial charge in [0.05, 0.1) is 0 Å². The number of nitrogens with one attached hydrogen (secondary N) is 1. The first-order valence-electron chi connectivity index (χ1n) is 7.90. The van der Waals surface area contributed by atoms with Gasteiger partial charge in [0.25, 0.3) is 0 Å². The van der Waals surface area contributed by atoms with E-state index in [1.54, 1.807) is 0 Å². The highest BCUT2D eigenvalue weighted by atomic mass is 79.9. The predicted octanol–water partition coefficient (Wildman–Crippen LogP) is 3.41. The first kappa shape index (κ1) is 14.6. The molecule has 2 unspecified atom stereocenters. The summed E-state index contributed by atoms with van der Waals surface area (Å²) in [6.07, 6.45) is 5.22. The van der Waals surface area contributed by atoms with Gasteiger partial charge in [-0.3, -0.25) is 0 Å². The normalized spacial score (nSPS) is 27.9. The lowest BCUT2D eigenvalue weighted by Gasteiger charge is -2.23. The maximum Gasteiger partial charge on any atom is 0.0213 e. The third-order valence-corrected chi connectivity index (χ3v) is 5.51. The van der Waals surface area contributed by atoms with Crippen LogP contribution in [0.5, 0.6) is 0 Å². The first-order valence-corrected chi connectivity index (χ1v) is 8.69. The third kappa shape index (κ3) is 3.44. The van der Waals surface area contributed by atoms with Crippen molar-refractivity contribution in [1.29, 1.82) is 0 Å². The van der Waals surface area contributed by atoms with E-state index in [9.17, 15) is 0 Å². The molecule has 0 radical (unpaired) electrons. The molecule has 110 valence electrons. The second-order valence-electron chi connectivity index (χ2n) is 6.52. The van der Waals surface area contributed by atoms with Crippen LogP contribution in [0.1, 0.15) is 36.3 Å². The monoisotopic (exact) mass is 336 g/mol. The van der Waals surface area contributed by atoms with Crippen molar-refractivity contribution in [2.45, 2.75) is 31.6 Å². The Balaban J connectivity index is 1.67. The van der Waals surface area contributed by atoms with Crippen LogP contribution < -0.4 is 5.32 Å². The molecule has 0 aliphatic carbocycles. The Kier molecular flexibility index (Phi) is 4.79. The van der Waals surface area contributed by atoms with Crippen molar-refractivity contribution >= 4 is 15.9 Å². The molecule has 1 aromatic carbocycles. The molecule has 20 heavy (non-hydrogen) atoms. The van der Waals surface area contributed by atoms with Crippen molar-refractivity contribution in [3.8, 4) is 0 Å². The van der Waals surface area contributed by atoms with Crippen molar-refractivity contribution in [2.24, 2.45) is 5.92 Å². The van der Waals surface area contributed by atoms with Crippen LogP contribution in [-0.4, -0.2) is 38.1 Å². The van der Waals surface area contributed by atoms with Crippen molar-refractivity contribution in [1.82, 2.24) is 10.2 Å². The Morgan fingerprint density at radius 1 is 1.35 bits per heavy atom. The van der Waals surface area contributed by atoms with Gasteiger partial charge in [0, 0.05) is 11.0 Å². The Hall–Kier alpha value is -0.380. The summed E-state index contributed by atoms with van der Waals surface area (Å²) in [7, 11) is 2.22. The number of piperidine rings is 1. The zero-order valence-electron chi connectivity index (χ0n) is 12.4. The summed E-state index contributed by atoms with van der Waals surface area (Å²) in [6.45, 7) is 4.82. The van der Waals surface area contributed by atoms with Gasteiger partial charge in [-0.25, -0.2) is 0 Å². The predicted molar refractivity (Wildman–Crippen MR) is 88.3 cm³/mol. The Labute approximate surface area is 131 Å². The second kappa shape index (κ2) is 6.59. The molecule has 1 aromatic rings. The van der Waals surface area contributed by atoms with Crippen LogP contribution in [0.2, 0.25) is 0 Å². The van der Waals surface area contributed by atoms with Crippen LogP contribution in [0, 0.1) is 5.92 Å². The average molecular weight is 337 g/mol. The molecule has 0 amide bonds. The molecule has 2 fully saturated rings. The first-order chi connectivity index (χ1) is 9.72. The van der Waals surface area contributed by atoms with Crippen LogP contribution in [0.4, 0.5) is 0 Å². The standard InChI is InChI=1S/C17H25BrN2/c1-20-8-6-15(12-20)16-5-4-13(10-17(16)18)9-14-3-2-7-19-11-14/h4-5,10,14-15,19H,2-3,6-9,11-12H2,1H3. The fraction of sp³-hybridized carbons (Fsp3) is 0.647. The number of likely N-dealkylation sites (N-methyl/N-ethyl adjacent to an activating group) is 1. The second-order valence-corrected chi connectivity index (χ2v) is 7.37. The van der Waals surface area contributed by atoms with Crippen molar-refractivity contribution < 1.29 is 0 Å². The summed E-state index contributed by atoms with van der Waals surface area (Å²) in [5.41, 5.74) is 2.99. The van der Waals surface area contributed by atoms with Gasteiger partial charge in [-0.2, -0.15) is 0 Å². The van der Waals surface area contributed by atoms with Gasteiger partial charge in [0.2, 0.25) is 0 Å². The van der Waals surface area contributed by atoms with E-state index in [0.29, 0.717) is 5.92 Å². The molecule has 2 nitrogen and oxygen atoms in total. The topological polar surface area (TPSA) is 15.3 Å². The average Bonchev–Trinajstić information content (AvgIpc) is 2.86. The fourth-order valence-electron chi connectivity index (χ4n) is 3.65. The number of likely N-dealkylation sites (tertiary alicyclic amines) is 1. The molecular formula is C17H25BrN2. The number of rotatable bonds is 3. The number of nitrogens with zero attached hydrogens (tertiary/aromatic N) is 1. The van der Waals surface area contributed by atoms with E-state index in [4.69, 9.17) is 0 Å². The van der Waals surface area contributed by atoms with Crippen LogP contribution in [0.15, 0.2) is 22.7 Å². The maximum atomic E-state index is 3.81. The van der Waals surface area contributed by atoms with Crippen LogP contribution in [0.25, 0.3) is 0 Å². The zero-order chi connectivity index (χ0) is 13.9. The highest BCUT2D eigenvalue weighted by Crippen LogP contribution is 2.33. The van der Waals surface area contributed by atoms with E-state index in [2.05, 4.69) is 51.4 Å². The Morgan fingerprint density at radius 2 is 2.25 bits per heavy atom. The number of benzene rings is 1. The summed E-state index contributed by atoms with van der Waals surface area (Å²) >= 11 is 3.81. The molecule has 0 aromatic heterocycles. The molecule has 0 spiro atoms. The van der Waals surface area contributed by atoms with E-state index in [-0.39, 0.29) is 0 Å². The molecule has 1 N–H and O–H groups in total. The lowest BCUT2D eigenvalue weighted by atomic mass is 9.90. The zero-order valence-corrected chi connectivity index (χ0v) is 14.0. The Morgan fingerprint density at radius 3 is 2.90 bits per heavy atom. The summed E-state index contributed by atoms with van der Waals surface area (Å²) < 4.78 is 1.32. The van der Waals surface area contributed by atoms with Crippen LogP contribution in [0.3, 0.4) is 0 Å². The van der Waals surface area contributed by atoms with E-state index in [0.717, 1.165) is 5.92 Å². The van der Waals surface area contributed by atoms with Gasteiger partial charge in [0.1, 0.15) is 0 Å². The molecule has 2 heterocycles. The van der Waals surface area contributed by atoms with Crippen LogP contribution >= 0.6 is 15.9 Å². The maximum absolute atomic E-state index is 3.81. The van der Waals surface area contributed by atoms with Crippen LogP contribution in [-0.2, 0) is 6.42 Å². The fourth-order valence-corrected chi connectivity index (χ4v) is 4.40. The van der Waals surface area contributed by atoms with Crippen molar-refractivity contribution in [3.05, 3.63) is 33.8 Å². The highest BCUT2D eigenvalue weighted by Gasteiger charge is 2.23. The largest absolute Gasteiger partial charge is 0.316 e. The van der Waals surface area contributed by atoms with Gasteiger partial charge in [-0.1, -0.05) is 28.1 Å². The summed E-state index contributed by atoms with van der Waals surface area (Å²) in [4.78, 5) is 2.43. The summed E-state index contributed by atoms with van der Waals surface area (Å²) in [6, 6.07) is 7.08. The quantitative estimate of drug-likeness (QED) is 0.909. The minimum atomic E-state index is 0.708. The van der Waals surface area contributed by atoms with Gasteiger partial charge in [0.15, 0.2) is 0 Å². The van der Waals surface area contributed by atoms with E-state index in [1.807, 2.05) is 0 Å². The lowest BCUT2D eigenvalue weighted by Crippen LogP contribution is -2.30. The highest BCUT2D eigenvalue weighted by molar-refractivity contribution is 9.10. The molecule has 2 aliphatic heterocycles. The van der Waals surface area contributed by atoms with Gasteiger partial charge >= 0.3 is 0 Å². The van der Waals surface area contributed by atoms with Gasteiger partial charge < -0.3 is 10.2 Å². The van der Waals surface area contributed by atoms with Crippen molar-refractivity contribution in [3.63, 3.8) is 0 Å². The molecule has 2 atom stereocenters. The van der Waals surface area contributed by atoms with E-state index >= 15 is 0 Å². The number of hydrogen-bond acceptors (Lipinski definition) is 2. The molecular weight excluding hydrogens is 312 g/mol. The lowest BCUT2D eigenvalue weighted by molar-refractivity contribution is 0.376. The minimum absolute atomic E-state index is 0.708. The number of halogens is 1. The van der Waals surface area contributed by atoms with E-state index < -0.39 is 0 Å². The minimum Gasteiger partial charge on any atom is -0.316 e. The van der Waals surface area contributed by atoms with Crippen molar-refractivity contribution in [2.75, 3.05) is 33.2 Å². The molecule has 3 rings (SSSR count). The van der Waals surface area contributed by atoms with Gasteiger partial charge in [-0.05, 0) is 81.4 Å². The third-order valence-electron chi connectivity index (χ3n) is 4.82. The molecule has 0 bridgehead atoms. The number of hydrogen-bond donors (Lipinski definition) is 1. The molecule has 2 aliphatic rings. The summed E-state index contributed by atoms with van der Waals surface area (Å²) in [5.74, 6) is 1.53. The Bertz CT molecular complexity index is 454. The molecule has 0 saturated carbocycles.